The highest BCUT2D eigenvalue weighted by Crippen LogP contribution is 2.25. The minimum absolute atomic E-state index is 0.217. The van der Waals surface area contributed by atoms with Gasteiger partial charge in [0.1, 0.15) is 11.1 Å². The van der Waals surface area contributed by atoms with Gasteiger partial charge in [-0.05, 0) is 51.1 Å². The molecule has 8 heteroatoms. The van der Waals surface area contributed by atoms with Crippen LogP contribution in [0.25, 0.3) is 16.6 Å². The van der Waals surface area contributed by atoms with Crippen LogP contribution < -0.4 is 5.32 Å². The summed E-state index contributed by atoms with van der Waals surface area (Å²) in [6, 6.07) is 8.82. The molecule has 148 valence electrons. The van der Waals surface area contributed by atoms with E-state index in [9.17, 15) is 9.59 Å². The Kier molecular flexibility index (Phi) is 4.34. The van der Waals surface area contributed by atoms with Gasteiger partial charge in [0.25, 0.3) is 11.8 Å². The molecule has 0 aliphatic carbocycles. The number of carbonyl (C=O) groups is 2. The molecular formula is C21H21N5O3. The fourth-order valence-corrected chi connectivity index (χ4v) is 3.33. The van der Waals surface area contributed by atoms with Crippen molar-refractivity contribution in [3.63, 3.8) is 0 Å². The van der Waals surface area contributed by atoms with Crippen molar-refractivity contribution < 1.29 is 14.0 Å². The number of benzene rings is 1. The number of amides is 2. The summed E-state index contributed by atoms with van der Waals surface area (Å²) < 4.78 is 7.28. The van der Waals surface area contributed by atoms with Crippen molar-refractivity contribution in [3.8, 4) is 0 Å². The van der Waals surface area contributed by atoms with Gasteiger partial charge in [-0.15, -0.1) is 0 Å². The number of furan rings is 1. The normalized spacial score (nSPS) is 11.2. The van der Waals surface area contributed by atoms with Gasteiger partial charge in [0, 0.05) is 36.6 Å². The van der Waals surface area contributed by atoms with E-state index in [0.717, 1.165) is 16.8 Å². The van der Waals surface area contributed by atoms with Gasteiger partial charge in [0.05, 0.1) is 5.69 Å². The predicted octanol–water partition coefficient (Wildman–Crippen LogP) is 3.35. The van der Waals surface area contributed by atoms with Crippen LogP contribution in [0.2, 0.25) is 0 Å². The van der Waals surface area contributed by atoms with Crippen LogP contribution in [0.1, 0.15) is 38.0 Å². The van der Waals surface area contributed by atoms with E-state index in [-0.39, 0.29) is 17.6 Å². The van der Waals surface area contributed by atoms with Gasteiger partial charge < -0.3 is 14.6 Å². The number of aromatic nitrogens is 3. The van der Waals surface area contributed by atoms with E-state index in [0.29, 0.717) is 28.2 Å². The Morgan fingerprint density at radius 3 is 2.59 bits per heavy atom. The first-order chi connectivity index (χ1) is 13.7. The summed E-state index contributed by atoms with van der Waals surface area (Å²) in [5, 5.41) is 8.07. The standard InChI is InChI=1S/C21H21N5O3/c1-11-8-12(2)26-19(22-11)18(13(3)24-26)20(27)23-15-6-7-16-14(9-15)10-17(29-16)21(28)25(4)5/h6-10H,1-5H3,(H,23,27). The smallest absolute Gasteiger partial charge is 0.289 e. The lowest BCUT2D eigenvalue weighted by atomic mass is 10.2. The summed E-state index contributed by atoms with van der Waals surface area (Å²) in [7, 11) is 3.33. The SMILES string of the molecule is Cc1cc(C)n2nc(C)c(C(=O)Nc3ccc4oc(C(=O)N(C)C)cc4c3)c2n1. The third-order valence-corrected chi connectivity index (χ3v) is 4.69. The topological polar surface area (TPSA) is 92.7 Å². The molecule has 0 aliphatic rings. The summed E-state index contributed by atoms with van der Waals surface area (Å²) in [5.74, 6) is -0.255. The van der Waals surface area contributed by atoms with Crippen LogP contribution in [0.3, 0.4) is 0 Å². The number of fused-ring (bicyclic) bond motifs is 2. The molecule has 0 unspecified atom stereocenters. The zero-order valence-electron chi connectivity index (χ0n) is 16.9. The van der Waals surface area contributed by atoms with Crippen molar-refractivity contribution in [2.24, 2.45) is 0 Å². The Bertz CT molecular complexity index is 1280. The Balaban J connectivity index is 1.68. The first-order valence-corrected chi connectivity index (χ1v) is 9.15. The second-order valence-electron chi connectivity index (χ2n) is 7.25. The summed E-state index contributed by atoms with van der Waals surface area (Å²) in [4.78, 5) is 31.0. The summed E-state index contributed by atoms with van der Waals surface area (Å²) in [6.45, 7) is 5.60. The minimum Gasteiger partial charge on any atom is -0.451 e. The molecule has 0 saturated carbocycles. The summed E-state index contributed by atoms with van der Waals surface area (Å²) >= 11 is 0. The number of aryl methyl sites for hydroxylation is 3. The molecule has 0 atom stereocenters. The van der Waals surface area contributed by atoms with Crippen molar-refractivity contribution in [3.05, 3.63) is 58.7 Å². The Labute approximate surface area is 167 Å². The molecule has 8 nitrogen and oxygen atoms in total. The highest BCUT2D eigenvalue weighted by Gasteiger charge is 2.20. The lowest BCUT2D eigenvalue weighted by Gasteiger charge is -2.06. The molecule has 29 heavy (non-hydrogen) atoms. The third kappa shape index (κ3) is 3.22. The van der Waals surface area contributed by atoms with Gasteiger partial charge in [-0.25, -0.2) is 9.50 Å². The molecule has 4 aromatic rings. The lowest BCUT2D eigenvalue weighted by Crippen LogP contribution is -2.20. The maximum Gasteiger partial charge on any atom is 0.289 e. The molecule has 1 N–H and O–H groups in total. The number of nitrogens with zero attached hydrogens (tertiary/aromatic N) is 4. The van der Waals surface area contributed by atoms with E-state index in [2.05, 4.69) is 15.4 Å². The molecule has 1 aromatic carbocycles. The molecule has 0 aliphatic heterocycles. The fraction of sp³-hybridized carbons (Fsp3) is 0.238. The number of rotatable bonds is 3. The second kappa shape index (κ2) is 6.73. The van der Waals surface area contributed by atoms with Gasteiger partial charge in [0.2, 0.25) is 0 Å². The third-order valence-electron chi connectivity index (χ3n) is 4.69. The molecule has 3 heterocycles. The fourth-order valence-electron chi connectivity index (χ4n) is 3.33. The van der Waals surface area contributed by atoms with Crippen LogP contribution in [0.5, 0.6) is 0 Å². The van der Waals surface area contributed by atoms with E-state index >= 15 is 0 Å². The molecular weight excluding hydrogens is 370 g/mol. The first-order valence-electron chi connectivity index (χ1n) is 9.15. The van der Waals surface area contributed by atoms with E-state index in [1.54, 1.807) is 49.8 Å². The van der Waals surface area contributed by atoms with Crippen LogP contribution in [0, 0.1) is 20.8 Å². The quantitative estimate of drug-likeness (QED) is 0.578. The molecule has 0 spiro atoms. The van der Waals surface area contributed by atoms with Gasteiger partial charge in [-0.1, -0.05) is 0 Å². The highest BCUT2D eigenvalue weighted by molar-refractivity contribution is 6.09. The van der Waals surface area contributed by atoms with Gasteiger partial charge >= 0.3 is 0 Å². The maximum atomic E-state index is 13.0. The van der Waals surface area contributed by atoms with Gasteiger partial charge in [-0.2, -0.15) is 5.10 Å². The van der Waals surface area contributed by atoms with E-state index in [4.69, 9.17) is 4.42 Å². The minimum atomic E-state index is -0.289. The molecule has 4 rings (SSSR count). The van der Waals surface area contributed by atoms with Crippen molar-refractivity contribution in [2.75, 3.05) is 19.4 Å². The van der Waals surface area contributed by atoms with Gasteiger partial charge in [-0.3, -0.25) is 9.59 Å². The van der Waals surface area contributed by atoms with Crippen molar-refractivity contribution in [1.82, 2.24) is 19.5 Å². The van der Waals surface area contributed by atoms with E-state index < -0.39 is 0 Å². The van der Waals surface area contributed by atoms with Crippen molar-refractivity contribution in [1.29, 1.82) is 0 Å². The zero-order valence-corrected chi connectivity index (χ0v) is 16.9. The van der Waals surface area contributed by atoms with Crippen LogP contribution in [-0.2, 0) is 0 Å². The average Bonchev–Trinajstić information content (AvgIpc) is 3.21. The van der Waals surface area contributed by atoms with E-state index in [1.807, 2.05) is 19.9 Å². The molecule has 2 amide bonds. The average molecular weight is 391 g/mol. The largest absolute Gasteiger partial charge is 0.451 e. The Morgan fingerprint density at radius 1 is 1.10 bits per heavy atom. The first kappa shape index (κ1) is 18.7. The number of anilines is 1. The van der Waals surface area contributed by atoms with E-state index in [1.165, 1.54) is 4.90 Å². The van der Waals surface area contributed by atoms with Crippen LogP contribution in [-0.4, -0.2) is 45.4 Å². The molecule has 0 saturated heterocycles. The zero-order chi connectivity index (χ0) is 20.9. The lowest BCUT2D eigenvalue weighted by molar-refractivity contribution is 0.0799. The molecule has 3 aromatic heterocycles. The van der Waals surface area contributed by atoms with Crippen LogP contribution in [0.15, 0.2) is 34.7 Å². The predicted molar refractivity (Wildman–Crippen MR) is 109 cm³/mol. The number of carbonyl (C=O) groups excluding carboxylic acids is 2. The number of nitrogens with one attached hydrogen (secondary N) is 1. The maximum absolute atomic E-state index is 13.0. The second-order valence-corrected chi connectivity index (χ2v) is 7.25. The molecule has 0 bridgehead atoms. The van der Waals surface area contributed by atoms with Crippen molar-refractivity contribution in [2.45, 2.75) is 20.8 Å². The van der Waals surface area contributed by atoms with Gasteiger partial charge in [0.15, 0.2) is 11.4 Å². The summed E-state index contributed by atoms with van der Waals surface area (Å²) in [5.41, 5.74) is 4.47. The summed E-state index contributed by atoms with van der Waals surface area (Å²) in [6.07, 6.45) is 0. The highest BCUT2D eigenvalue weighted by atomic mass is 16.3. The molecule has 0 fully saturated rings. The number of hydrogen-bond donors (Lipinski definition) is 1. The molecule has 0 radical (unpaired) electrons. The van der Waals surface area contributed by atoms with Crippen molar-refractivity contribution >= 4 is 34.1 Å². The monoisotopic (exact) mass is 391 g/mol. The number of hydrogen-bond acceptors (Lipinski definition) is 5. The van der Waals surface area contributed by atoms with Crippen LogP contribution >= 0.6 is 0 Å². The van der Waals surface area contributed by atoms with Crippen LogP contribution in [0.4, 0.5) is 5.69 Å². The Morgan fingerprint density at radius 2 is 1.86 bits per heavy atom. The Hall–Kier alpha value is -3.68.